The van der Waals surface area contributed by atoms with E-state index < -0.39 is 10.1 Å². The van der Waals surface area contributed by atoms with Crippen molar-refractivity contribution in [1.29, 1.82) is 0 Å². The Hall–Kier alpha value is 1.55. The second-order valence-electron chi connectivity index (χ2n) is 5.62. The van der Waals surface area contributed by atoms with E-state index in [0.29, 0.717) is 6.61 Å². The molecule has 0 unspecified atom stereocenters. The summed E-state index contributed by atoms with van der Waals surface area (Å²) in [7, 11) is -3.27. The molecule has 5 heteroatoms. The number of hydrogen-bond donors (Lipinski definition) is 0. The van der Waals surface area contributed by atoms with Crippen molar-refractivity contribution in [2.45, 2.75) is 90.9 Å². The fraction of sp³-hybridized carbons (Fsp3) is 1.00. The summed E-state index contributed by atoms with van der Waals surface area (Å²) >= 11 is 0. The van der Waals surface area contributed by atoms with Gasteiger partial charge in [-0.15, -0.1) is 0 Å². The maximum atomic E-state index is 11.6. The summed E-state index contributed by atoms with van der Waals surface area (Å²) in [6.45, 7) is 4.74. The second kappa shape index (κ2) is 17.9. The van der Waals surface area contributed by atoms with E-state index in [9.17, 15) is 8.42 Å². The average molecular weight is 347 g/mol. The van der Waals surface area contributed by atoms with Crippen LogP contribution in [0.3, 0.4) is 0 Å². The molecule has 0 bridgehead atoms. The largest absolute Gasteiger partial charge is 1.00 e. The molecule has 0 aliphatic heterocycles. The van der Waals surface area contributed by atoms with E-state index in [-0.39, 0.29) is 58.6 Å². The normalized spacial score (nSPS) is 11.3. The summed E-state index contributed by atoms with van der Waals surface area (Å²) in [5, 5.41) is 0. The molecule has 0 amide bonds. The zero-order chi connectivity index (χ0) is 15.1. The summed E-state index contributed by atoms with van der Waals surface area (Å²) in [6.07, 6.45) is 13.5. The van der Waals surface area contributed by atoms with E-state index in [1.165, 1.54) is 44.9 Å². The summed E-state index contributed by atoms with van der Waals surface area (Å²) in [6, 6.07) is 0. The maximum Gasteiger partial charge on any atom is 1.00 e. The predicted molar refractivity (Wildman–Crippen MR) is 87.6 cm³/mol. The van der Waals surface area contributed by atoms with Crippen LogP contribution in [0.25, 0.3) is 0 Å². The summed E-state index contributed by atoms with van der Waals surface area (Å²) in [5.74, 6) is 0.189. The molecule has 0 atom stereocenters. The van der Waals surface area contributed by atoms with Crippen molar-refractivity contribution >= 4 is 10.1 Å². The van der Waals surface area contributed by atoms with Crippen LogP contribution in [0.2, 0.25) is 0 Å². The maximum absolute atomic E-state index is 11.6. The van der Waals surface area contributed by atoms with Crippen LogP contribution in [0, 0.1) is 0 Å². The van der Waals surface area contributed by atoms with Gasteiger partial charge in [0.1, 0.15) is 0 Å². The molecule has 0 N–H and O–H groups in total. The van der Waals surface area contributed by atoms with Gasteiger partial charge < -0.3 is 1.43 Å². The number of hydrogen-bond acceptors (Lipinski definition) is 3. The fourth-order valence-electron chi connectivity index (χ4n) is 2.19. The molecule has 0 saturated heterocycles. The third kappa shape index (κ3) is 19.5. The molecular formula is C16H35KO3S. The van der Waals surface area contributed by atoms with Gasteiger partial charge in [-0.05, 0) is 12.8 Å². The zero-order valence-corrected chi connectivity index (χ0v) is 18.5. The molecule has 0 aromatic heterocycles. The van der Waals surface area contributed by atoms with E-state index in [2.05, 4.69) is 13.8 Å². The van der Waals surface area contributed by atoms with Crippen molar-refractivity contribution in [3.05, 3.63) is 0 Å². The van der Waals surface area contributed by atoms with Crippen LogP contribution in [0.15, 0.2) is 0 Å². The Bertz CT molecular complexity index is 298. The first kappa shape index (κ1) is 24.8. The molecule has 0 saturated carbocycles. The first-order valence-electron chi connectivity index (χ1n) is 8.49. The summed E-state index contributed by atoms with van der Waals surface area (Å²) in [4.78, 5) is 0. The van der Waals surface area contributed by atoms with Crippen molar-refractivity contribution in [2.24, 2.45) is 0 Å². The van der Waals surface area contributed by atoms with Gasteiger partial charge >= 0.3 is 51.4 Å². The molecule has 124 valence electrons. The minimum absolute atomic E-state index is 0. The molecular weight excluding hydrogens is 311 g/mol. The quantitative estimate of drug-likeness (QED) is 0.259. The number of rotatable bonds is 15. The molecule has 0 spiro atoms. The Morgan fingerprint density at radius 3 is 1.67 bits per heavy atom. The van der Waals surface area contributed by atoms with Gasteiger partial charge in [-0.3, -0.25) is 4.18 Å². The van der Waals surface area contributed by atoms with E-state index in [1.807, 2.05) is 0 Å². The van der Waals surface area contributed by atoms with Crippen LogP contribution >= 0.6 is 0 Å². The Morgan fingerprint density at radius 1 is 0.714 bits per heavy atom. The van der Waals surface area contributed by atoms with Crippen LogP contribution < -0.4 is 51.4 Å². The van der Waals surface area contributed by atoms with E-state index in [1.54, 1.807) is 0 Å². The van der Waals surface area contributed by atoms with Gasteiger partial charge in [-0.1, -0.05) is 78.1 Å². The zero-order valence-electron chi connectivity index (χ0n) is 15.5. The van der Waals surface area contributed by atoms with Gasteiger partial charge in [-0.25, -0.2) is 0 Å². The first-order chi connectivity index (χ1) is 9.62. The molecule has 0 aliphatic rings. The summed E-state index contributed by atoms with van der Waals surface area (Å²) in [5.41, 5.74) is 0. The Labute approximate surface area is 177 Å². The predicted octanol–water partition coefficient (Wildman–Crippen LogP) is 2.17. The Balaban J connectivity index is -0.00000180. The Morgan fingerprint density at radius 2 is 1.14 bits per heavy atom. The van der Waals surface area contributed by atoms with Gasteiger partial charge in [0.25, 0.3) is 10.1 Å². The molecule has 3 nitrogen and oxygen atoms in total. The van der Waals surface area contributed by atoms with Crippen LogP contribution in [0.5, 0.6) is 0 Å². The molecule has 0 fully saturated rings. The summed E-state index contributed by atoms with van der Waals surface area (Å²) < 4.78 is 28.3. The SMILES string of the molecule is CCCCCCCCOS(=O)(=O)CCCCCCCC.[H-].[K+]. The van der Waals surface area contributed by atoms with Gasteiger partial charge in [0, 0.05) is 0 Å². The van der Waals surface area contributed by atoms with Gasteiger partial charge in [-0.2, -0.15) is 8.42 Å². The third-order valence-electron chi connectivity index (χ3n) is 3.51. The van der Waals surface area contributed by atoms with Crippen molar-refractivity contribution < 1.29 is 65.4 Å². The molecule has 0 aromatic carbocycles. The molecule has 0 heterocycles. The molecule has 21 heavy (non-hydrogen) atoms. The fourth-order valence-corrected chi connectivity index (χ4v) is 3.23. The van der Waals surface area contributed by atoms with Crippen LogP contribution in [0.1, 0.15) is 92.3 Å². The van der Waals surface area contributed by atoms with Gasteiger partial charge in [0.15, 0.2) is 0 Å². The molecule has 0 radical (unpaired) electrons. The van der Waals surface area contributed by atoms with Crippen LogP contribution in [0.4, 0.5) is 0 Å². The first-order valence-corrected chi connectivity index (χ1v) is 10.1. The topological polar surface area (TPSA) is 43.4 Å². The average Bonchev–Trinajstić information content (AvgIpc) is 2.41. The number of unbranched alkanes of at least 4 members (excludes halogenated alkanes) is 10. The van der Waals surface area contributed by atoms with Crippen molar-refractivity contribution in [2.75, 3.05) is 12.4 Å². The van der Waals surface area contributed by atoms with E-state index in [4.69, 9.17) is 4.18 Å². The van der Waals surface area contributed by atoms with Crippen molar-refractivity contribution in [3.63, 3.8) is 0 Å². The van der Waals surface area contributed by atoms with Crippen molar-refractivity contribution in [3.8, 4) is 0 Å². The van der Waals surface area contributed by atoms with E-state index in [0.717, 1.165) is 32.1 Å². The van der Waals surface area contributed by atoms with Gasteiger partial charge in [0.2, 0.25) is 0 Å². The van der Waals surface area contributed by atoms with E-state index >= 15 is 0 Å². The molecule has 0 rings (SSSR count). The molecule has 0 aromatic rings. The minimum atomic E-state index is -3.27. The minimum Gasteiger partial charge on any atom is -1.00 e. The van der Waals surface area contributed by atoms with Crippen molar-refractivity contribution in [1.82, 2.24) is 0 Å². The Kier molecular flexibility index (Phi) is 21.1. The second-order valence-corrected chi connectivity index (χ2v) is 7.38. The van der Waals surface area contributed by atoms with Crippen LogP contribution in [-0.2, 0) is 14.3 Å². The monoisotopic (exact) mass is 346 g/mol. The smallest absolute Gasteiger partial charge is 1.00 e. The van der Waals surface area contributed by atoms with Gasteiger partial charge in [0.05, 0.1) is 12.4 Å². The standard InChI is InChI=1S/C16H34O3S.K.H/c1-3-5-7-9-11-13-15-19-20(17,18)16-14-12-10-8-6-4-2;;/h3-16H2,1-2H3;;/q;+1;-1. The third-order valence-corrected chi connectivity index (χ3v) is 4.82. The molecule has 0 aliphatic carbocycles. The van der Waals surface area contributed by atoms with Crippen LogP contribution in [-0.4, -0.2) is 20.8 Å².